The summed E-state index contributed by atoms with van der Waals surface area (Å²) >= 11 is 0. The standard InChI is InChI=1S/C19H41NO/c1-3-4-5-6-7-8-9-10-11-12-13-14-15-16-17-20-18-19(2)21/h19-21H,3-18H2,1-2H3/t19-/m1/s1. The Morgan fingerprint density at radius 1 is 0.667 bits per heavy atom. The average molecular weight is 300 g/mol. The van der Waals surface area contributed by atoms with Crippen LogP contribution in [0.15, 0.2) is 0 Å². The van der Waals surface area contributed by atoms with E-state index in [0.717, 1.165) is 13.1 Å². The molecule has 128 valence electrons. The molecule has 0 amide bonds. The minimum Gasteiger partial charge on any atom is -0.392 e. The zero-order valence-corrected chi connectivity index (χ0v) is 14.8. The quantitative estimate of drug-likeness (QED) is 0.351. The predicted octanol–water partition coefficient (Wildman–Crippen LogP) is 5.44. The van der Waals surface area contributed by atoms with Gasteiger partial charge in [0.2, 0.25) is 0 Å². The van der Waals surface area contributed by atoms with Crippen LogP contribution in [0.25, 0.3) is 0 Å². The van der Waals surface area contributed by atoms with Gasteiger partial charge in [-0.15, -0.1) is 0 Å². The number of rotatable bonds is 17. The maximum absolute atomic E-state index is 9.11. The van der Waals surface area contributed by atoms with E-state index < -0.39 is 0 Å². The van der Waals surface area contributed by atoms with E-state index in [-0.39, 0.29) is 6.10 Å². The van der Waals surface area contributed by atoms with Crippen LogP contribution >= 0.6 is 0 Å². The van der Waals surface area contributed by atoms with E-state index in [2.05, 4.69) is 12.2 Å². The van der Waals surface area contributed by atoms with Crippen LogP contribution in [0.3, 0.4) is 0 Å². The summed E-state index contributed by atoms with van der Waals surface area (Å²) in [4.78, 5) is 0. The zero-order chi connectivity index (χ0) is 15.6. The van der Waals surface area contributed by atoms with Crippen molar-refractivity contribution >= 4 is 0 Å². The van der Waals surface area contributed by atoms with Crippen molar-refractivity contribution in [3.8, 4) is 0 Å². The van der Waals surface area contributed by atoms with E-state index in [9.17, 15) is 0 Å². The maximum atomic E-state index is 9.11. The lowest BCUT2D eigenvalue weighted by Crippen LogP contribution is -2.25. The molecule has 2 heteroatoms. The molecule has 0 fully saturated rings. The van der Waals surface area contributed by atoms with Crippen LogP contribution < -0.4 is 5.32 Å². The lowest BCUT2D eigenvalue weighted by molar-refractivity contribution is 0.191. The van der Waals surface area contributed by atoms with Crippen LogP contribution in [0.1, 0.15) is 104 Å². The molecule has 0 aliphatic heterocycles. The smallest absolute Gasteiger partial charge is 0.0636 e. The van der Waals surface area contributed by atoms with Crippen LogP contribution in [0.4, 0.5) is 0 Å². The second-order valence-corrected chi connectivity index (χ2v) is 6.65. The van der Waals surface area contributed by atoms with Gasteiger partial charge in [0.25, 0.3) is 0 Å². The summed E-state index contributed by atoms with van der Waals surface area (Å²) in [6, 6.07) is 0. The molecule has 0 aromatic carbocycles. The molecule has 0 spiro atoms. The highest BCUT2D eigenvalue weighted by Crippen LogP contribution is 2.12. The Balaban J connectivity index is 2.93. The van der Waals surface area contributed by atoms with E-state index in [4.69, 9.17) is 5.11 Å². The van der Waals surface area contributed by atoms with Crippen molar-refractivity contribution in [3.05, 3.63) is 0 Å². The lowest BCUT2D eigenvalue weighted by Gasteiger charge is -2.06. The van der Waals surface area contributed by atoms with Gasteiger partial charge >= 0.3 is 0 Å². The molecule has 0 unspecified atom stereocenters. The SMILES string of the molecule is CCCCCCCCCCCCCCCCNC[C@@H](C)O. The van der Waals surface area contributed by atoms with Crippen molar-refractivity contribution in [2.45, 2.75) is 110 Å². The van der Waals surface area contributed by atoms with Crippen LogP contribution in [-0.4, -0.2) is 24.3 Å². The monoisotopic (exact) mass is 299 g/mol. The highest BCUT2D eigenvalue weighted by molar-refractivity contribution is 4.54. The first-order chi connectivity index (χ1) is 10.3. The Morgan fingerprint density at radius 2 is 1.05 bits per heavy atom. The van der Waals surface area contributed by atoms with E-state index in [0.29, 0.717) is 0 Å². The zero-order valence-electron chi connectivity index (χ0n) is 14.8. The van der Waals surface area contributed by atoms with Crippen LogP contribution in [0.5, 0.6) is 0 Å². The first-order valence-corrected chi connectivity index (χ1v) is 9.66. The largest absolute Gasteiger partial charge is 0.392 e. The van der Waals surface area contributed by atoms with Crippen LogP contribution in [0.2, 0.25) is 0 Å². The fourth-order valence-electron chi connectivity index (χ4n) is 2.76. The minimum absolute atomic E-state index is 0.211. The van der Waals surface area contributed by atoms with Gasteiger partial charge in [-0.25, -0.2) is 0 Å². The first-order valence-electron chi connectivity index (χ1n) is 9.66. The van der Waals surface area contributed by atoms with Gasteiger partial charge in [0, 0.05) is 6.54 Å². The highest BCUT2D eigenvalue weighted by atomic mass is 16.3. The summed E-state index contributed by atoms with van der Waals surface area (Å²) in [5.74, 6) is 0. The molecule has 0 heterocycles. The molecule has 0 bridgehead atoms. The summed E-state index contributed by atoms with van der Waals surface area (Å²) in [6.07, 6.45) is 19.5. The second kappa shape index (κ2) is 18.0. The molecule has 0 radical (unpaired) electrons. The van der Waals surface area contributed by atoms with E-state index >= 15 is 0 Å². The van der Waals surface area contributed by atoms with Crippen molar-refractivity contribution in [2.75, 3.05) is 13.1 Å². The van der Waals surface area contributed by atoms with Gasteiger partial charge in [-0.1, -0.05) is 90.4 Å². The van der Waals surface area contributed by atoms with E-state index in [1.807, 2.05) is 6.92 Å². The van der Waals surface area contributed by atoms with Gasteiger partial charge < -0.3 is 10.4 Å². The molecule has 0 aliphatic carbocycles. The Hall–Kier alpha value is -0.0800. The number of aliphatic hydroxyl groups excluding tert-OH is 1. The van der Waals surface area contributed by atoms with Gasteiger partial charge in [0.05, 0.1) is 6.10 Å². The second-order valence-electron chi connectivity index (χ2n) is 6.65. The maximum Gasteiger partial charge on any atom is 0.0636 e. The molecule has 0 saturated heterocycles. The van der Waals surface area contributed by atoms with Gasteiger partial charge in [-0.3, -0.25) is 0 Å². The van der Waals surface area contributed by atoms with Crippen molar-refractivity contribution in [1.82, 2.24) is 5.32 Å². The third-order valence-electron chi connectivity index (χ3n) is 4.15. The minimum atomic E-state index is -0.211. The summed E-state index contributed by atoms with van der Waals surface area (Å²) in [5.41, 5.74) is 0. The van der Waals surface area contributed by atoms with Gasteiger partial charge in [-0.05, 0) is 19.9 Å². The molecule has 0 rings (SSSR count). The molecule has 0 aromatic heterocycles. The van der Waals surface area contributed by atoms with E-state index in [1.165, 1.54) is 89.9 Å². The molecular formula is C19H41NO. The number of hydrogen-bond acceptors (Lipinski definition) is 2. The molecule has 21 heavy (non-hydrogen) atoms. The average Bonchev–Trinajstić information content (AvgIpc) is 2.46. The van der Waals surface area contributed by atoms with Gasteiger partial charge in [-0.2, -0.15) is 0 Å². The van der Waals surface area contributed by atoms with Crippen molar-refractivity contribution < 1.29 is 5.11 Å². The summed E-state index contributed by atoms with van der Waals surface area (Å²) < 4.78 is 0. The fourth-order valence-corrected chi connectivity index (χ4v) is 2.76. The van der Waals surface area contributed by atoms with Gasteiger partial charge in [0.1, 0.15) is 0 Å². The van der Waals surface area contributed by atoms with Crippen molar-refractivity contribution in [3.63, 3.8) is 0 Å². The first kappa shape index (κ1) is 20.9. The van der Waals surface area contributed by atoms with Crippen LogP contribution in [-0.2, 0) is 0 Å². The molecule has 2 N–H and O–H groups in total. The molecule has 1 atom stereocenters. The van der Waals surface area contributed by atoms with E-state index in [1.54, 1.807) is 0 Å². The van der Waals surface area contributed by atoms with Crippen molar-refractivity contribution in [1.29, 1.82) is 0 Å². The third kappa shape index (κ3) is 19.9. The molecule has 0 aliphatic rings. The number of unbranched alkanes of at least 4 members (excludes halogenated alkanes) is 13. The normalized spacial score (nSPS) is 12.7. The Morgan fingerprint density at radius 3 is 1.43 bits per heavy atom. The fraction of sp³-hybridized carbons (Fsp3) is 1.00. The van der Waals surface area contributed by atoms with Crippen molar-refractivity contribution in [2.24, 2.45) is 0 Å². The molecular weight excluding hydrogens is 258 g/mol. The third-order valence-corrected chi connectivity index (χ3v) is 4.15. The highest BCUT2D eigenvalue weighted by Gasteiger charge is 1.95. The van der Waals surface area contributed by atoms with Crippen LogP contribution in [0, 0.1) is 0 Å². The lowest BCUT2D eigenvalue weighted by atomic mass is 10.0. The summed E-state index contributed by atoms with van der Waals surface area (Å²) in [7, 11) is 0. The number of nitrogens with one attached hydrogen (secondary N) is 1. The summed E-state index contributed by atoms with van der Waals surface area (Å²) in [6.45, 7) is 5.91. The number of aliphatic hydroxyl groups is 1. The molecule has 2 nitrogen and oxygen atoms in total. The Labute approximate surface area is 134 Å². The topological polar surface area (TPSA) is 32.3 Å². The molecule has 0 saturated carbocycles. The molecule has 0 aromatic rings. The van der Waals surface area contributed by atoms with Gasteiger partial charge in [0.15, 0.2) is 0 Å². The Bertz CT molecular complexity index is 182. The Kier molecular flexibility index (Phi) is 17.9. The predicted molar refractivity (Wildman–Crippen MR) is 94.9 cm³/mol. The summed E-state index contributed by atoms with van der Waals surface area (Å²) in [5, 5.41) is 12.4. The number of hydrogen-bond donors (Lipinski definition) is 2.